The number of amides is 1. The van der Waals surface area contributed by atoms with Crippen LogP contribution in [0.4, 0.5) is 4.79 Å². The lowest BCUT2D eigenvalue weighted by Gasteiger charge is -2.29. The Morgan fingerprint density at radius 1 is 1.18 bits per heavy atom. The molecule has 1 atom stereocenters. The largest absolute Gasteiger partial charge is 0.508 e. The summed E-state index contributed by atoms with van der Waals surface area (Å²) in [5.74, 6) is 0.220. The van der Waals surface area contributed by atoms with Crippen molar-refractivity contribution < 1.29 is 19.7 Å². The van der Waals surface area contributed by atoms with Crippen molar-refractivity contribution in [3.05, 3.63) is 64.7 Å². The number of carbonyl (C=O) groups is 1. The summed E-state index contributed by atoms with van der Waals surface area (Å²) in [5.41, 5.74) is 1.01. The standard InChI is InChI=1S/C22H28ClNO4/c1-22(2,3)28-21(27)24(12-6-8-16-7-4-11-19(25)13-16)15-20(26)17-9-5-10-18(23)14-17/h4-5,7,9-11,13-14,20,25-26H,6,8,12,15H2,1-3H3/t20-/m0/s1. The van der Waals surface area contributed by atoms with Crippen molar-refractivity contribution in [3.63, 3.8) is 0 Å². The van der Waals surface area contributed by atoms with E-state index in [2.05, 4.69) is 0 Å². The Labute approximate surface area is 171 Å². The molecular weight excluding hydrogens is 378 g/mol. The summed E-state index contributed by atoms with van der Waals surface area (Å²) in [7, 11) is 0. The minimum Gasteiger partial charge on any atom is -0.508 e. The average molecular weight is 406 g/mol. The molecule has 0 unspecified atom stereocenters. The zero-order valence-corrected chi connectivity index (χ0v) is 17.3. The van der Waals surface area contributed by atoms with Gasteiger partial charge in [-0.3, -0.25) is 0 Å². The molecule has 28 heavy (non-hydrogen) atoms. The van der Waals surface area contributed by atoms with Crippen molar-refractivity contribution in [1.82, 2.24) is 4.90 Å². The SMILES string of the molecule is CC(C)(C)OC(=O)N(CCCc1cccc(O)c1)C[C@H](O)c1cccc(Cl)c1. The van der Waals surface area contributed by atoms with Crippen LogP contribution in [0, 0.1) is 0 Å². The second kappa shape index (κ2) is 9.80. The van der Waals surface area contributed by atoms with Crippen LogP contribution < -0.4 is 0 Å². The minimum atomic E-state index is -0.869. The molecule has 2 rings (SSSR count). The molecule has 0 saturated carbocycles. The Hall–Kier alpha value is -2.24. The first-order valence-electron chi connectivity index (χ1n) is 9.33. The van der Waals surface area contributed by atoms with Gasteiger partial charge in [-0.1, -0.05) is 35.9 Å². The highest BCUT2D eigenvalue weighted by Crippen LogP contribution is 2.21. The maximum Gasteiger partial charge on any atom is 0.410 e. The fraction of sp³-hybridized carbons (Fsp3) is 0.409. The Bertz CT molecular complexity index is 788. The first kappa shape index (κ1) is 22.1. The van der Waals surface area contributed by atoms with E-state index in [0.29, 0.717) is 30.0 Å². The normalized spacial score (nSPS) is 12.5. The number of aliphatic hydroxyl groups is 1. The van der Waals surface area contributed by atoms with Crippen LogP contribution in [-0.4, -0.2) is 39.9 Å². The Morgan fingerprint density at radius 2 is 1.89 bits per heavy atom. The third-order valence-electron chi connectivity index (χ3n) is 4.08. The van der Waals surface area contributed by atoms with Crippen LogP contribution >= 0.6 is 11.6 Å². The first-order valence-corrected chi connectivity index (χ1v) is 9.71. The van der Waals surface area contributed by atoms with E-state index >= 15 is 0 Å². The van der Waals surface area contributed by atoms with Crippen molar-refractivity contribution in [2.24, 2.45) is 0 Å². The fourth-order valence-corrected chi connectivity index (χ4v) is 3.00. The van der Waals surface area contributed by atoms with Crippen LogP contribution in [0.15, 0.2) is 48.5 Å². The van der Waals surface area contributed by atoms with Crippen molar-refractivity contribution >= 4 is 17.7 Å². The van der Waals surface area contributed by atoms with E-state index in [9.17, 15) is 15.0 Å². The number of hydrogen-bond acceptors (Lipinski definition) is 4. The monoisotopic (exact) mass is 405 g/mol. The summed E-state index contributed by atoms with van der Waals surface area (Å²) in [6, 6.07) is 14.0. The molecule has 5 nitrogen and oxygen atoms in total. The predicted octanol–water partition coefficient (Wildman–Crippen LogP) is 4.95. The highest BCUT2D eigenvalue weighted by Gasteiger charge is 2.24. The molecule has 0 radical (unpaired) electrons. The number of aromatic hydroxyl groups is 1. The van der Waals surface area contributed by atoms with E-state index in [1.807, 2.05) is 26.8 Å². The lowest BCUT2D eigenvalue weighted by Crippen LogP contribution is -2.40. The summed E-state index contributed by atoms with van der Waals surface area (Å²) >= 11 is 6.00. The predicted molar refractivity (Wildman–Crippen MR) is 111 cm³/mol. The molecular formula is C22H28ClNO4. The molecule has 0 bridgehead atoms. The van der Waals surface area contributed by atoms with Gasteiger partial charge >= 0.3 is 6.09 Å². The number of phenols is 1. The molecule has 0 aliphatic heterocycles. The van der Waals surface area contributed by atoms with Crippen molar-refractivity contribution in [3.8, 4) is 5.75 Å². The zero-order chi connectivity index (χ0) is 20.7. The van der Waals surface area contributed by atoms with Crippen LogP contribution in [0.2, 0.25) is 5.02 Å². The average Bonchev–Trinajstić information content (AvgIpc) is 2.59. The van der Waals surface area contributed by atoms with Gasteiger partial charge < -0.3 is 19.8 Å². The maximum atomic E-state index is 12.6. The molecule has 0 aliphatic carbocycles. The minimum absolute atomic E-state index is 0.106. The third kappa shape index (κ3) is 7.41. The molecule has 2 aromatic rings. The van der Waals surface area contributed by atoms with E-state index in [0.717, 1.165) is 5.56 Å². The molecule has 0 saturated heterocycles. The van der Waals surface area contributed by atoms with E-state index in [1.165, 1.54) is 4.90 Å². The molecule has 1 amide bonds. The van der Waals surface area contributed by atoms with Crippen molar-refractivity contribution in [2.75, 3.05) is 13.1 Å². The molecule has 2 aromatic carbocycles. The number of hydrogen-bond donors (Lipinski definition) is 2. The molecule has 152 valence electrons. The molecule has 0 fully saturated rings. The van der Waals surface area contributed by atoms with Gasteiger partial charge in [0.2, 0.25) is 0 Å². The Morgan fingerprint density at radius 3 is 2.54 bits per heavy atom. The molecule has 0 aliphatic rings. The van der Waals surface area contributed by atoms with Crippen LogP contribution in [0.1, 0.15) is 44.4 Å². The van der Waals surface area contributed by atoms with Gasteiger partial charge in [0.15, 0.2) is 0 Å². The second-order valence-corrected chi connectivity index (χ2v) is 8.21. The fourth-order valence-electron chi connectivity index (χ4n) is 2.80. The van der Waals surface area contributed by atoms with E-state index in [4.69, 9.17) is 16.3 Å². The first-order chi connectivity index (χ1) is 13.1. The van der Waals surface area contributed by atoms with E-state index in [-0.39, 0.29) is 12.3 Å². The van der Waals surface area contributed by atoms with Gasteiger partial charge in [-0.2, -0.15) is 0 Å². The lowest BCUT2D eigenvalue weighted by atomic mass is 10.1. The summed E-state index contributed by atoms with van der Waals surface area (Å²) in [4.78, 5) is 14.1. The van der Waals surface area contributed by atoms with Gasteiger partial charge in [0, 0.05) is 11.6 Å². The number of nitrogens with zero attached hydrogens (tertiary/aromatic N) is 1. The zero-order valence-electron chi connectivity index (χ0n) is 16.6. The van der Waals surface area contributed by atoms with Gasteiger partial charge in [-0.15, -0.1) is 0 Å². The number of halogens is 1. The molecule has 0 aromatic heterocycles. The van der Waals surface area contributed by atoms with Gasteiger partial charge in [0.05, 0.1) is 12.6 Å². The Balaban J connectivity index is 2.04. The smallest absolute Gasteiger partial charge is 0.410 e. The van der Waals surface area contributed by atoms with Crippen LogP contribution in [0.25, 0.3) is 0 Å². The number of aryl methyl sites for hydroxylation is 1. The molecule has 0 heterocycles. The van der Waals surface area contributed by atoms with Gasteiger partial charge in [0.1, 0.15) is 11.4 Å². The van der Waals surface area contributed by atoms with E-state index < -0.39 is 17.8 Å². The second-order valence-electron chi connectivity index (χ2n) is 7.77. The number of aliphatic hydroxyl groups excluding tert-OH is 1. The topological polar surface area (TPSA) is 70.0 Å². The van der Waals surface area contributed by atoms with Crippen LogP contribution in [0.3, 0.4) is 0 Å². The maximum absolute atomic E-state index is 12.6. The quantitative estimate of drug-likeness (QED) is 0.683. The van der Waals surface area contributed by atoms with Crippen LogP contribution in [0.5, 0.6) is 5.75 Å². The Kier molecular flexibility index (Phi) is 7.72. The number of benzene rings is 2. The van der Waals surface area contributed by atoms with Gasteiger partial charge in [0.25, 0.3) is 0 Å². The third-order valence-corrected chi connectivity index (χ3v) is 4.32. The summed E-state index contributed by atoms with van der Waals surface area (Å²) < 4.78 is 5.49. The van der Waals surface area contributed by atoms with E-state index in [1.54, 1.807) is 42.5 Å². The molecule has 6 heteroatoms. The highest BCUT2D eigenvalue weighted by atomic mass is 35.5. The summed E-state index contributed by atoms with van der Waals surface area (Å²) in [6.45, 7) is 5.95. The lowest BCUT2D eigenvalue weighted by molar-refractivity contribution is 0.0142. The molecule has 2 N–H and O–H groups in total. The molecule has 0 spiro atoms. The summed E-state index contributed by atoms with van der Waals surface area (Å²) in [5, 5.41) is 20.7. The van der Waals surface area contributed by atoms with Crippen molar-refractivity contribution in [1.29, 1.82) is 0 Å². The number of phenolic OH excluding ortho intramolecular Hbond substituents is 1. The van der Waals surface area contributed by atoms with Gasteiger partial charge in [-0.05, 0) is 69.0 Å². The van der Waals surface area contributed by atoms with Crippen molar-refractivity contribution in [2.45, 2.75) is 45.3 Å². The van der Waals surface area contributed by atoms with Crippen LogP contribution in [-0.2, 0) is 11.2 Å². The number of carbonyl (C=O) groups excluding carboxylic acids is 1. The summed E-state index contributed by atoms with van der Waals surface area (Å²) in [6.07, 6.45) is 0.0304. The van der Waals surface area contributed by atoms with Gasteiger partial charge in [-0.25, -0.2) is 4.79 Å². The number of rotatable bonds is 7. The number of ether oxygens (including phenoxy) is 1. The highest BCUT2D eigenvalue weighted by molar-refractivity contribution is 6.30.